The molecular weight excluding hydrogens is 1630 g/mol. The maximum absolute atomic E-state index is 13.0. The van der Waals surface area contributed by atoms with E-state index in [-0.39, 0.29) is 44.6 Å². The van der Waals surface area contributed by atoms with Gasteiger partial charge in [-0.15, -0.1) is 0 Å². The van der Waals surface area contributed by atoms with Crippen molar-refractivity contribution in [2.45, 2.75) is 55.0 Å². The van der Waals surface area contributed by atoms with Crippen LogP contribution in [0.15, 0.2) is 311 Å². The minimum Gasteiger partial charge on any atom is -0.378 e. The minimum absolute atomic E-state index is 0.0326. The third-order valence-electron chi connectivity index (χ3n) is 22.4. The Morgan fingerprint density at radius 2 is 0.833 bits per heavy atom. The van der Waals surface area contributed by atoms with Crippen molar-refractivity contribution in [2.75, 3.05) is 83.7 Å². The number of hydrogen-bond donors (Lipinski definition) is 10. The van der Waals surface area contributed by atoms with Crippen LogP contribution >= 0.6 is 11.6 Å². The van der Waals surface area contributed by atoms with Crippen molar-refractivity contribution >= 4 is 107 Å². The minimum atomic E-state index is -3.52. The molecule has 0 bridgehead atoms. The van der Waals surface area contributed by atoms with E-state index in [1.165, 1.54) is 5.69 Å². The number of nitrogens with zero attached hydrogens (tertiary/aromatic N) is 11. The van der Waals surface area contributed by atoms with Crippen LogP contribution in [0.1, 0.15) is 54.4 Å². The molecule has 2 saturated heterocycles. The molecule has 2 aliphatic carbocycles. The van der Waals surface area contributed by atoms with Gasteiger partial charge in [-0.25, -0.2) is 38.1 Å². The molecule has 10 N–H and O–H groups in total. The number of aromatic nitrogens is 13. The van der Waals surface area contributed by atoms with Gasteiger partial charge in [-0.05, 0) is 195 Å². The summed E-state index contributed by atoms with van der Waals surface area (Å²) < 4.78 is 46.7. The summed E-state index contributed by atoms with van der Waals surface area (Å²) in [5, 5.41) is 17.5. The number of morpholine rings is 2. The van der Waals surface area contributed by atoms with Crippen LogP contribution in [0.3, 0.4) is 0 Å². The number of rotatable bonds is 20. The van der Waals surface area contributed by atoms with E-state index in [1.54, 1.807) is 98.1 Å². The fourth-order valence-electron chi connectivity index (χ4n) is 15.9. The van der Waals surface area contributed by atoms with Gasteiger partial charge in [0.25, 0.3) is 5.91 Å². The molecule has 0 atom stereocenters. The number of fused-ring (bicyclic) bond motifs is 4. The molecule has 0 unspecified atom stereocenters. The number of benzene rings is 4. The first-order valence-corrected chi connectivity index (χ1v) is 43.1. The maximum Gasteiger partial charge on any atom is 0.251 e. The number of pyridine rings is 9. The van der Waals surface area contributed by atoms with Crippen molar-refractivity contribution in [1.82, 2.24) is 72.5 Å². The quantitative estimate of drug-likeness (QED) is 0.0339. The Kier molecular flexibility index (Phi) is 23.8. The van der Waals surface area contributed by atoms with Crippen molar-refractivity contribution < 1.29 is 22.7 Å². The van der Waals surface area contributed by atoms with Gasteiger partial charge in [0, 0.05) is 186 Å². The fraction of sp³-hybridized carbons (Fsp3) is 0.170. The van der Waals surface area contributed by atoms with Crippen LogP contribution in [-0.4, -0.2) is 135 Å². The van der Waals surface area contributed by atoms with Gasteiger partial charge >= 0.3 is 0 Å². The molecule has 4 aliphatic rings. The van der Waals surface area contributed by atoms with Crippen LogP contribution in [0.5, 0.6) is 0 Å². The van der Waals surface area contributed by atoms with Gasteiger partial charge in [0.2, 0.25) is 32.3 Å². The normalized spacial score (nSPS) is 14.3. The number of nitrogens with one attached hydrogen (secondary N) is 10. The van der Waals surface area contributed by atoms with Crippen molar-refractivity contribution in [3.63, 3.8) is 0 Å². The van der Waals surface area contributed by atoms with Gasteiger partial charge in [-0.1, -0.05) is 42.6 Å². The summed E-state index contributed by atoms with van der Waals surface area (Å²) in [6, 6.07) is 63.5. The number of imidazole rings is 4. The molecule has 13 aromatic heterocycles. The van der Waals surface area contributed by atoms with Crippen molar-refractivity contribution in [1.29, 1.82) is 0 Å². The van der Waals surface area contributed by atoms with E-state index < -0.39 is 10.0 Å². The van der Waals surface area contributed by atoms with Crippen molar-refractivity contribution in [3.8, 4) is 45.0 Å². The molecule has 2 saturated carbocycles. The predicted octanol–water partition coefficient (Wildman–Crippen LogP) is 15.1. The van der Waals surface area contributed by atoms with E-state index in [0.29, 0.717) is 16.2 Å². The van der Waals surface area contributed by atoms with E-state index in [0.717, 1.165) is 210 Å². The molecule has 0 spiro atoms. The van der Waals surface area contributed by atoms with Crippen LogP contribution in [0, 0.1) is 0 Å². The second kappa shape index (κ2) is 36.6. The van der Waals surface area contributed by atoms with Crippen molar-refractivity contribution in [3.05, 3.63) is 344 Å². The number of H-pyrrole nitrogens is 4. The number of anilines is 10. The summed E-state index contributed by atoms with van der Waals surface area (Å²) in [6.07, 6.45) is 28.5. The monoisotopic (exact) mass is 1720 g/mol. The summed E-state index contributed by atoms with van der Waals surface area (Å²) in [5.41, 5.74) is 18.6. The van der Waals surface area contributed by atoms with Gasteiger partial charge in [0.15, 0.2) is 22.6 Å². The molecule has 15 heterocycles. The van der Waals surface area contributed by atoms with Crippen LogP contribution < -0.4 is 63.3 Å². The van der Waals surface area contributed by atoms with Gasteiger partial charge in [-0.3, -0.25) is 41.6 Å². The summed E-state index contributed by atoms with van der Waals surface area (Å²) in [5.74, 6) is 0.848. The van der Waals surface area contributed by atoms with Gasteiger partial charge in [0.1, 0.15) is 5.82 Å². The van der Waals surface area contributed by atoms with Gasteiger partial charge in [-0.2, -0.15) is 0 Å². The largest absolute Gasteiger partial charge is 0.378 e. The number of amides is 1. The molecule has 4 aromatic carbocycles. The highest BCUT2D eigenvalue weighted by Crippen LogP contribution is 2.46. The number of hydrogen-bond acceptors (Lipinski definition) is 20. The smallest absolute Gasteiger partial charge is 0.251 e. The predicted molar refractivity (Wildman–Crippen MR) is 490 cm³/mol. The van der Waals surface area contributed by atoms with Crippen molar-refractivity contribution in [2.24, 2.45) is 0 Å². The zero-order valence-electron chi connectivity index (χ0n) is 68.0. The Morgan fingerprint density at radius 3 is 1.25 bits per heavy atom. The lowest BCUT2D eigenvalue weighted by Gasteiger charge is -2.29. The summed E-state index contributed by atoms with van der Waals surface area (Å²) in [7, 11) is -3.52. The third-order valence-corrected chi connectivity index (χ3v) is 24.2. The number of carbonyl (C=O) groups is 1. The van der Waals surface area contributed by atoms with E-state index in [1.807, 2.05) is 188 Å². The average Bonchev–Trinajstić information content (AvgIpc) is 1.61. The van der Waals surface area contributed by atoms with Crippen LogP contribution in [0.25, 0.3) is 67.6 Å². The molecule has 4 fully saturated rings. The SMILES string of the molecule is O=C(NC1(c2ccc(Cl)cc2)CC1)c1ccc(Nc2ccc(-c3cc[nH]c(=O)c3)n3ccnc23)cc1.O=c1cc(-c2ccc(Nc3ccc(N4CCOCC4)nc3)c3nccn23)cc[nH]1.O=c1cc(-c2ccc(Nc3ccc(S(=O)(=O)NC4CCCC4)cc3)c3nccn23)cc[nH]1.O=c1cc(-c2ccc(Nc3cccc(N4CCOCC4)c3)c3nccn23)cc[nH]1. The summed E-state index contributed by atoms with van der Waals surface area (Å²) in [6.45, 7) is 6.51. The molecular formula is C94H86ClN21O9S. The molecule has 32 heteroatoms. The van der Waals surface area contributed by atoms with E-state index >= 15 is 0 Å². The topological polar surface area (TPSA) is 362 Å². The Bertz CT molecular complexity index is 7150. The molecule has 634 valence electrons. The first-order valence-electron chi connectivity index (χ1n) is 41.3. The first kappa shape index (κ1) is 82.0. The van der Waals surface area contributed by atoms with E-state index in [4.69, 9.17) is 21.1 Å². The summed E-state index contributed by atoms with van der Waals surface area (Å²) >= 11 is 6.01. The summed E-state index contributed by atoms with van der Waals surface area (Å²) in [4.78, 5) is 97.7. The lowest BCUT2D eigenvalue weighted by Crippen LogP contribution is -2.36. The number of carbonyl (C=O) groups excluding carboxylic acids is 1. The second-order valence-electron chi connectivity index (χ2n) is 30.7. The Morgan fingerprint density at radius 1 is 0.429 bits per heavy atom. The van der Waals surface area contributed by atoms with E-state index in [2.05, 4.69) is 104 Å². The van der Waals surface area contributed by atoms with Crippen LogP contribution in [-0.2, 0) is 25.0 Å². The molecule has 17 aromatic rings. The number of sulfonamides is 1. The Hall–Kier alpha value is -15.0. The highest BCUT2D eigenvalue weighted by Gasteiger charge is 2.46. The third kappa shape index (κ3) is 18.7. The molecule has 126 heavy (non-hydrogen) atoms. The number of aromatic amines is 4. The van der Waals surface area contributed by atoms with Gasteiger partial charge in [0.05, 0.1) is 94.3 Å². The van der Waals surface area contributed by atoms with E-state index in [9.17, 15) is 32.4 Å². The fourth-order valence-corrected chi connectivity index (χ4v) is 17.3. The maximum atomic E-state index is 13.0. The molecule has 30 nitrogen and oxygen atoms in total. The lowest BCUT2D eigenvalue weighted by molar-refractivity contribution is 0.0930. The number of ether oxygens (including phenoxy) is 2. The molecule has 2 aliphatic heterocycles. The highest BCUT2D eigenvalue weighted by molar-refractivity contribution is 7.89. The van der Waals surface area contributed by atoms with Crippen LogP contribution in [0.4, 0.5) is 57.0 Å². The zero-order valence-corrected chi connectivity index (χ0v) is 69.6. The zero-order chi connectivity index (χ0) is 86.1. The lowest BCUT2D eigenvalue weighted by atomic mass is 10.0. The highest BCUT2D eigenvalue weighted by atomic mass is 35.5. The molecule has 21 rings (SSSR count). The standard InChI is InChI=1S/C28H22ClN5O2.C23H23N5O3S.C22H21N5O2.C21H20N6O2/c29-21-5-3-20(4-6-21)28(12-13-28)33-27(36)18-1-7-22(8-2-18)32-23-9-10-24(34-16-15-31-26(23)34)19-11-14-30-25(35)17-19;29-22-15-16(11-12-24-22)21-10-9-20(23-25-13-14-28(21)23)26-17-5-7-19(8-6-17)32(30,31)27-18-3-1-2-4-18;28-21-14-16(6-7-23-21)20-5-4-19(22-24-8-9-27(20)22)25-17-2-1-3-18(15-17)26-10-12-29-13-11-26;28-20-13-15(5-6-22-20)18-3-2-17(21-23-7-8-27(18)21)25-16-1-4-19(24-14-16)26-9-11-29-12-10-26/h1-11,14-17,32H,12-13H2,(H,30,35)(H,33,36);5-15,18,26-27H,1-4H2,(H,24,29);1-9,14-15,25H,10-13H2,(H,23,28);1-8,13-14,25H,9-12H2,(H,22,28). The first-order chi connectivity index (χ1) is 61.5. The number of halogens is 1. The molecule has 1 amide bonds. The average molecular weight is 1720 g/mol. The van der Waals surface area contributed by atoms with Gasteiger partial charge < -0.3 is 65.8 Å². The Balaban J connectivity index is 0.000000114. The second-order valence-corrected chi connectivity index (χ2v) is 32.8. The van der Waals surface area contributed by atoms with Crippen LogP contribution in [0.2, 0.25) is 5.02 Å². The molecule has 0 radical (unpaired) electrons. The Labute approximate surface area is 726 Å².